The zero-order valence-electron chi connectivity index (χ0n) is 17.8. The fourth-order valence-electron chi connectivity index (χ4n) is 3.95. The first-order valence-corrected chi connectivity index (χ1v) is 11.1. The van der Waals surface area contributed by atoms with Crippen LogP contribution < -0.4 is 15.5 Å². The highest BCUT2D eigenvalue weighted by Crippen LogP contribution is 2.30. The molecule has 1 saturated carbocycles. The Morgan fingerprint density at radius 3 is 2.33 bits per heavy atom. The van der Waals surface area contributed by atoms with Crippen LogP contribution in [0.2, 0.25) is 5.02 Å². The molecule has 0 bridgehead atoms. The summed E-state index contributed by atoms with van der Waals surface area (Å²) in [7, 11) is 0. The second-order valence-corrected chi connectivity index (χ2v) is 8.24. The minimum Gasteiger partial charge on any atom is -0.467 e. The third kappa shape index (κ3) is 5.46. The summed E-state index contributed by atoms with van der Waals surface area (Å²) in [5, 5.41) is 6.08. The minimum atomic E-state index is -1.06. The average molecular weight is 470 g/mol. The van der Waals surface area contributed by atoms with E-state index < -0.39 is 17.9 Å². The number of furan rings is 2. The molecule has 2 N–H and O–H groups in total. The fraction of sp³-hybridized carbons (Fsp3) is 0.292. The van der Waals surface area contributed by atoms with Gasteiger partial charge in [-0.15, -0.1) is 0 Å². The van der Waals surface area contributed by atoms with E-state index in [2.05, 4.69) is 10.6 Å². The van der Waals surface area contributed by atoms with Gasteiger partial charge in [0.05, 0.1) is 19.1 Å². The van der Waals surface area contributed by atoms with Crippen molar-refractivity contribution in [2.75, 3.05) is 11.4 Å². The molecule has 0 spiro atoms. The van der Waals surface area contributed by atoms with Gasteiger partial charge in [0.25, 0.3) is 11.8 Å². The first kappa shape index (κ1) is 22.7. The highest BCUT2D eigenvalue weighted by atomic mass is 35.5. The van der Waals surface area contributed by atoms with Crippen LogP contribution in [0.25, 0.3) is 0 Å². The molecule has 2 heterocycles. The molecule has 0 aliphatic heterocycles. The van der Waals surface area contributed by atoms with Crippen molar-refractivity contribution in [1.82, 2.24) is 10.6 Å². The zero-order chi connectivity index (χ0) is 23.2. The second-order valence-electron chi connectivity index (χ2n) is 7.81. The summed E-state index contributed by atoms with van der Waals surface area (Å²) in [6, 6.07) is 11.9. The largest absolute Gasteiger partial charge is 0.467 e. The van der Waals surface area contributed by atoms with Crippen molar-refractivity contribution in [3.8, 4) is 0 Å². The maximum absolute atomic E-state index is 13.4. The summed E-state index contributed by atoms with van der Waals surface area (Å²) in [5.74, 6) is -0.986. The van der Waals surface area contributed by atoms with Crippen molar-refractivity contribution >= 4 is 35.0 Å². The van der Waals surface area contributed by atoms with E-state index in [9.17, 15) is 14.4 Å². The molecule has 2 aromatic heterocycles. The van der Waals surface area contributed by atoms with E-state index in [4.69, 9.17) is 20.4 Å². The molecule has 9 heteroatoms. The van der Waals surface area contributed by atoms with E-state index >= 15 is 0 Å². The number of rotatable bonds is 8. The van der Waals surface area contributed by atoms with E-state index in [0.29, 0.717) is 16.5 Å². The molecule has 0 radical (unpaired) electrons. The molecule has 0 unspecified atom stereocenters. The first-order valence-electron chi connectivity index (χ1n) is 10.8. The van der Waals surface area contributed by atoms with Gasteiger partial charge in [0, 0.05) is 16.8 Å². The quantitative estimate of drug-likeness (QED) is 0.517. The molecular formula is C24H24ClN3O5. The third-order valence-corrected chi connectivity index (χ3v) is 5.79. The summed E-state index contributed by atoms with van der Waals surface area (Å²) in [6.45, 7) is -0.351. The van der Waals surface area contributed by atoms with Crippen molar-refractivity contribution in [2.45, 2.75) is 37.8 Å². The number of halogens is 1. The molecule has 3 amide bonds. The van der Waals surface area contributed by atoms with E-state index in [1.54, 1.807) is 42.5 Å². The number of carbonyl (C=O) groups excluding carboxylic acids is 3. The number of anilines is 1. The molecule has 1 aromatic carbocycles. The van der Waals surface area contributed by atoms with Crippen LogP contribution in [0.1, 0.15) is 48.0 Å². The highest BCUT2D eigenvalue weighted by Gasteiger charge is 2.36. The molecule has 33 heavy (non-hydrogen) atoms. The lowest BCUT2D eigenvalue weighted by atomic mass is 10.1. The van der Waals surface area contributed by atoms with Crippen LogP contribution in [-0.4, -0.2) is 30.3 Å². The Kier molecular flexibility index (Phi) is 7.14. The topological polar surface area (TPSA) is 105 Å². The molecule has 8 nitrogen and oxygen atoms in total. The van der Waals surface area contributed by atoms with Crippen molar-refractivity contribution in [3.05, 3.63) is 77.6 Å². The second kappa shape index (κ2) is 10.4. The van der Waals surface area contributed by atoms with Gasteiger partial charge < -0.3 is 19.5 Å². The van der Waals surface area contributed by atoms with E-state index in [0.717, 1.165) is 25.7 Å². The molecule has 1 fully saturated rings. The predicted octanol–water partition coefficient (Wildman–Crippen LogP) is 4.09. The fourth-order valence-corrected chi connectivity index (χ4v) is 4.07. The average Bonchev–Trinajstić information content (AvgIpc) is 3.60. The van der Waals surface area contributed by atoms with Crippen LogP contribution in [0, 0.1) is 0 Å². The van der Waals surface area contributed by atoms with Crippen molar-refractivity contribution in [3.63, 3.8) is 0 Å². The monoisotopic (exact) mass is 469 g/mol. The molecule has 1 atom stereocenters. The molecule has 3 aromatic rings. The maximum atomic E-state index is 13.4. The summed E-state index contributed by atoms with van der Waals surface area (Å²) in [4.78, 5) is 40.4. The van der Waals surface area contributed by atoms with E-state index in [1.807, 2.05) is 0 Å². The Morgan fingerprint density at radius 2 is 1.70 bits per heavy atom. The number of nitrogens with zero attached hydrogens (tertiary/aromatic N) is 1. The van der Waals surface area contributed by atoms with E-state index in [-0.39, 0.29) is 24.3 Å². The van der Waals surface area contributed by atoms with Gasteiger partial charge in [0.15, 0.2) is 11.8 Å². The summed E-state index contributed by atoms with van der Waals surface area (Å²) < 4.78 is 10.6. The molecule has 0 saturated heterocycles. The van der Waals surface area contributed by atoms with Crippen molar-refractivity contribution in [2.24, 2.45) is 0 Å². The molecule has 4 rings (SSSR count). The predicted molar refractivity (Wildman–Crippen MR) is 122 cm³/mol. The summed E-state index contributed by atoms with van der Waals surface area (Å²) in [5.41, 5.74) is 0.444. The van der Waals surface area contributed by atoms with Crippen molar-refractivity contribution < 1.29 is 23.2 Å². The zero-order valence-corrected chi connectivity index (χ0v) is 18.6. The Morgan fingerprint density at radius 1 is 1.00 bits per heavy atom. The van der Waals surface area contributed by atoms with E-state index in [1.165, 1.54) is 23.5 Å². The van der Waals surface area contributed by atoms with Crippen molar-refractivity contribution in [1.29, 1.82) is 0 Å². The van der Waals surface area contributed by atoms with Gasteiger partial charge in [-0.1, -0.05) is 24.4 Å². The van der Waals surface area contributed by atoms with Gasteiger partial charge >= 0.3 is 0 Å². The lowest BCUT2D eigenvalue weighted by molar-refractivity contribution is -0.127. The molecular weight excluding hydrogens is 446 g/mol. The van der Waals surface area contributed by atoms with Crippen LogP contribution in [0.3, 0.4) is 0 Å². The lowest BCUT2D eigenvalue weighted by Crippen LogP contribution is -2.49. The number of nitrogens with one attached hydrogen (secondary N) is 2. The highest BCUT2D eigenvalue weighted by molar-refractivity contribution is 6.30. The number of benzene rings is 1. The van der Waals surface area contributed by atoms with Gasteiger partial charge in [-0.2, -0.15) is 0 Å². The molecule has 172 valence electrons. The Hall–Kier alpha value is -3.52. The normalized spacial score (nSPS) is 14.6. The number of hydrogen-bond acceptors (Lipinski definition) is 5. The SMILES string of the molecule is O=C(NCC(=O)N(c1ccc(Cl)cc1)[C@@H](C(=O)NC1CCCC1)c1ccco1)c1ccco1. The number of hydrogen-bond donors (Lipinski definition) is 2. The first-order chi connectivity index (χ1) is 16.0. The summed E-state index contributed by atoms with van der Waals surface area (Å²) in [6.07, 6.45) is 6.71. The van der Waals surface area contributed by atoms with Gasteiger partial charge in [-0.25, -0.2) is 0 Å². The van der Waals surface area contributed by atoms with Gasteiger partial charge in [-0.05, 0) is 61.4 Å². The van der Waals surface area contributed by atoms with Crippen LogP contribution in [0.15, 0.2) is 69.9 Å². The number of carbonyl (C=O) groups is 3. The van der Waals surface area contributed by atoms with Crippen LogP contribution in [0.4, 0.5) is 5.69 Å². The Labute approximate surface area is 195 Å². The summed E-state index contributed by atoms with van der Waals surface area (Å²) >= 11 is 6.04. The molecule has 1 aliphatic rings. The Bertz CT molecular complexity index is 1070. The minimum absolute atomic E-state index is 0.0517. The van der Waals surface area contributed by atoms with Gasteiger partial charge in [-0.3, -0.25) is 19.3 Å². The lowest BCUT2D eigenvalue weighted by Gasteiger charge is -2.31. The van der Waals surface area contributed by atoms with Gasteiger partial charge in [0.2, 0.25) is 5.91 Å². The van der Waals surface area contributed by atoms with Crippen LogP contribution in [-0.2, 0) is 9.59 Å². The number of amides is 3. The standard InChI is InChI=1S/C24H24ClN3O5/c25-16-9-11-18(12-10-16)28(21(29)15-26-23(30)20-8-4-14-33-20)22(19-7-3-13-32-19)24(31)27-17-5-1-2-6-17/h3-4,7-14,17,22H,1-2,5-6,15H2,(H,26,30)(H,27,31)/t22-/m1/s1. The Balaban J connectivity index is 1.63. The van der Waals surface area contributed by atoms with Gasteiger partial charge in [0.1, 0.15) is 5.76 Å². The van der Waals surface area contributed by atoms with Crippen LogP contribution >= 0.6 is 11.6 Å². The smallest absolute Gasteiger partial charge is 0.287 e. The molecule has 1 aliphatic carbocycles. The maximum Gasteiger partial charge on any atom is 0.287 e. The van der Waals surface area contributed by atoms with Crippen LogP contribution in [0.5, 0.6) is 0 Å². The third-order valence-electron chi connectivity index (χ3n) is 5.54.